The second-order valence-electron chi connectivity index (χ2n) is 7.01. The summed E-state index contributed by atoms with van der Waals surface area (Å²) < 4.78 is 19.2. The first-order valence-corrected chi connectivity index (χ1v) is 8.07. The minimum atomic E-state index is -0.568. The Morgan fingerprint density at radius 2 is 2.25 bits per heavy atom. The molecule has 1 amide bonds. The molecule has 4 nitrogen and oxygen atoms in total. The summed E-state index contributed by atoms with van der Waals surface area (Å²) in [5, 5.41) is 9.16. The molecule has 0 fully saturated rings. The van der Waals surface area contributed by atoms with Crippen molar-refractivity contribution in [2.75, 3.05) is 13.1 Å². The zero-order valence-electron chi connectivity index (χ0n) is 14.4. The maximum absolute atomic E-state index is 13.7. The fraction of sp³-hybridized carbons (Fsp3) is 0.474. The molecule has 0 bridgehead atoms. The number of rotatable bonds is 4. The monoisotopic (exact) mass is 330 g/mol. The van der Waals surface area contributed by atoms with Crippen LogP contribution in [0.5, 0.6) is 0 Å². The molecule has 1 aromatic rings. The molecule has 0 aliphatic heterocycles. The molecule has 0 heterocycles. The maximum atomic E-state index is 13.7. The lowest BCUT2D eigenvalue weighted by Gasteiger charge is -2.28. The van der Waals surface area contributed by atoms with E-state index in [1.807, 2.05) is 26.8 Å². The minimum absolute atomic E-state index is 0.0696. The Bertz CT molecular complexity index is 686. The topological polar surface area (TPSA) is 53.3 Å². The van der Waals surface area contributed by atoms with E-state index in [0.717, 1.165) is 17.5 Å². The average molecular weight is 330 g/mol. The highest BCUT2D eigenvalue weighted by molar-refractivity contribution is 5.68. The van der Waals surface area contributed by atoms with Gasteiger partial charge in [-0.3, -0.25) is 0 Å². The van der Waals surface area contributed by atoms with Crippen LogP contribution in [-0.4, -0.2) is 29.7 Å². The number of fused-ring (bicyclic) bond motifs is 1. The van der Waals surface area contributed by atoms with Crippen molar-refractivity contribution < 1.29 is 13.9 Å². The van der Waals surface area contributed by atoms with E-state index in [1.165, 1.54) is 6.07 Å². The summed E-state index contributed by atoms with van der Waals surface area (Å²) in [6.45, 7) is 10.0. The number of nitriles is 1. The van der Waals surface area contributed by atoms with Gasteiger partial charge in [-0.15, -0.1) is 6.58 Å². The lowest BCUT2D eigenvalue weighted by atomic mass is 9.98. The van der Waals surface area contributed by atoms with E-state index in [0.29, 0.717) is 19.5 Å². The first-order chi connectivity index (χ1) is 11.3. The van der Waals surface area contributed by atoms with Gasteiger partial charge < -0.3 is 9.64 Å². The SMILES string of the molecule is C=CCN(C[C@@H]1CCc2c1ccc(F)c2C#N)C(=O)OC(C)(C)C. The van der Waals surface area contributed by atoms with Gasteiger partial charge in [-0.1, -0.05) is 12.1 Å². The second-order valence-corrected chi connectivity index (χ2v) is 7.01. The highest BCUT2D eigenvalue weighted by Gasteiger charge is 2.30. The normalized spacial score (nSPS) is 16.2. The minimum Gasteiger partial charge on any atom is -0.444 e. The van der Waals surface area contributed by atoms with Crippen molar-refractivity contribution in [1.82, 2.24) is 4.90 Å². The number of amides is 1. The quantitative estimate of drug-likeness (QED) is 0.779. The molecular formula is C19H23FN2O2. The van der Waals surface area contributed by atoms with Crippen LogP contribution < -0.4 is 0 Å². The van der Waals surface area contributed by atoms with Gasteiger partial charge >= 0.3 is 6.09 Å². The third-order valence-corrected chi connectivity index (χ3v) is 4.03. The second kappa shape index (κ2) is 7.04. The number of nitrogens with zero attached hydrogens (tertiary/aromatic N) is 2. The highest BCUT2D eigenvalue weighted by atomic mass is 19.1. The van der Waals surface area contributed by atoms with Crippen molar-refractivity contribution in [1.29, 1.82) is 5.26 Å². The number of carbonyl (C=O) groups is 1. The van der Waals surface area contributed by atoms with E-state index in [4.69, 9.17) is 10.00 Å². The fourth-order valence-corrected chi connectivity index (χ4v) is 3.04. The van der Waals surface area contributed by atoms with Crippen molar-refractivity contribution in [2.45, 2.75) is 45.1 Å². The molecular weight excluding hydrogens is 307 g/mol. The Morgan fingerprint density at radius 1 is 1.54 bits per heavy atom. The van der Waals surface area contributed by atoms with Crippen LogP contribution in [0.2, 0.25) is 0 Å². The van der Waals surface area contributed by atoms with Gasteiger partial charge in [0.05, 0.1) is 5.56 Å². The van der Waals surface area contributed by atoms with E-state index >= 15 is 0 Å². The molecule has 0 spiro atoms. The summed E-state index contributed by atoms with van der Waals surface area (Å²) in [6, 6.07) is 5.01. The largest absolute Gasteiger partial charge is 0.444 e. The molecule has 5 heteroatoms. The van der Waals surface area contributed by atoms with Crippen LogP contribution in [-0.2, 0) is 11.2 Å². The number of hydrogen-bond donors (Lipinski definition) is 0. The van der Waals surface area contributed by atoms with Crippen LogP contribution in [0.4, 0.5) is 9.18 Å². The third-order valence-electron chi connectivity index (χ3n) is 4.03. The molecule has 0 unspecified atom stereocenters. The lowest BCUT2D eigenvalue weighted by Crippen LogP contribution is -2.39. The van der Waals surface area contributed by atoms with Crippen LogP contribution >= 0.6 is 0 Å². The molecule has 0 radical (unpaired) electrons. The Kier molecular flexibility index (Phi) is 5.28. The maximum Gasteiger partial charge on any atom is 0.410 e. The van der Waals surface area contributed by atoms with E-state index in [9.17, 15) is 9.18 Å². The molecule has 1 aliphatic carbocycles. The summed E-state index contributed by atoms with van der Waals surface area (Å²) >= 11 is 0. The van der Waals surface area contributed by atoms with Gasteiger partial charge in [0.25, 0.3) is 0 Å². The molecule has 1 aromatic carbocycles. The zero-order valence-corrected chi connectivity index (χ0v) is 14.4. The summed E-state index contributed by atoms with van der Waals surface area (Å²) in [6.07, 6.45) is 2.70. The first-order valence-electron chi connectivity index (χ1n) is 8.07. The smallest absolute Gasteiger partial charge is 0.410 e. The summed E-state index contributed by atoms with van der Waals surface area (Å²) in [4.78, 5) is 14.0. The number of halogens is 1. The number of ether oxygens (including phenoxy) is 1. The predicted molar refractivity (Wildman–Crippen MR) is 90.2 cm³/mol. The Morgan fingerprint density at radius 3 is 2.83 bits per heavy atom. The van der Waals surface area contributed by atoms with Gasteiger partial charge in [0.1, 0.15) is 17.5 Å². The van der Waals surface area contributed by atoms with Crippen LogP contribution in [0.25, 0.3) is 0 Å². The fourth-order valence-electron chi connectivity index (χ4n) is 3.04. The van der Waals surface area contributed by atoms with Gasteiger partial charge in [-0.25, -0.2) is 9.18 Å². The molecule has 0 aromatic heterocycles. The third kappa shape index (κ3) is 3.94. The zero-order chi connectivity index (χ0) is 17.9. The molecule has 2 rings (SSSR count). The van der Waals surface area contributed by atoms with E-state index in [1.54, 1.807) is 17.0 Å². The number of carbonyl (C=O) groups excluding carboxylic acids is 1. The van der Waals surface area contributed by atoms with Crippen molar-refractivity contribution >= 4 is 6.09 Å². The van der Waals surface area contributed by atoms with Crippen LogP contribution in [0.3, 0.4) is 0 Å². The van der Waals surface area contributed by atoms with Gasteiger partial charge in [-0.2, -0.15) is 5.26 Å². The van der Waals surface area contributed by atoms with Gasteiger partial charge in [0.15, 0.2) is 0 Å². The molecule has 0 N–H and O–H groups in total. The van der Waals surface area contributed by atoms with Gasteiger partial charge in [0, 0.05) is 19.0 Å². The molecule has 1 aliphatic rings. The number of benzene rings is 1. The molecule has 0 saturated carbocycles. The summed E-state index contributed by atoms with van der Waals surface area (Å²) in [5.41, 5.74) is 1.28. The van der Waals surface area contributed by atoms with Crippen LogP contribution in [0, 0.1) is 17.1 Å². The van der Waals surface area contributed by atoms with E-state index in [-0.39, 0.29) is 11.5 Å². The Labute approximate surface area is 142 Å². The molecule has 0 saturated heterocycles. The predicted octanol–water partition coefficient (Wildman–Crippen LogP) is 4.15. The van der Waals surface area contributed by atoms with Crippen LogP contribution in [0.15, 0.2) is 24.8 Å². The average Bonchev–Trinajstić information content (AvgIpc) is 2.88. The summed E-state index contributed by atoms with van der Waals surface area (Å²) in [5.74, 6) is -0.410. The lowest BCUT2D eigenvalue weighted by molar-refractivity contribution is 0.0261. The molecule has 1 atom stereocenters. The van der Waals surface area contributed by atoms with Crippen molar-refractivity contribution in [2.24, 2.45) is 0 Å². The van der Waals surface area contributed by atoms with Crippen LogP contribution in [0.1, 0.15) is 49.8 Å². The first kappa shape index (κ1) is 18.0. The van der Waals surface area contributed by atoms with Crippen molar-refractivity contribution in [3.05, 3.63) is 47.3 Å². The van der Waals surface area contributed by atoms with Crippen molar-refractivity contribution in [3.8, 4) is 6.07 Å². The van der Waals surface area contributed by atoms with Gasteiger partial charge in [0.2, 0.25) is 0 Å². The van der Waals surface area contributed by atoms with Crippen molar-refractivity contribution in [3.63, 3.8) is 0 Å². The Hall–Kier alpha value is -2.35. The number of hydrogen-bond acceptors (Lipinski definition) is 3. The van der Waals surface area contributed by atoms with E-state index in [2.05, 4.69) is 6.58 Å². The summed E-state index contributed by atoms with van der Waals surface area (Å²) in [7, 11) is 0. The van der Waals surface area contributed by atoms with E-state index < -0.39 is 17.5 Å². The molecule has 24 heavy (non-hydrogen) atoms. The van der Waals surface area contributed by atoms with Gasteiger partial charge in [-0.05, 0) is 50.8 Å². The Balaban J connectivity index is 2.20. The highest BCUT2D eigenvalue weighted by Crippen LogP contribution is 2.36. The standard InChI is InChI=1S/C19H23FN2O2/c1-5-10-22(18(23)24-19(2,3)4)12-13-6-7-15-14(13)8-9-17(20)16(15)11-21/h5,8-9,13H,1,6-7,10,12H2,2-4H3/t13-/m0/s1. The molecule has 128 valence electrons.